The van der Waals surface area contributed by atoms with Gasteiger partial charge in [-0.05, 0) is 6.92 Å². The first kappa shape index (κ1) is 10.2. The number of amides is 1. The van der Waals surface area contributed by atoms with Crippen LogP contribution in [0.25, 0.3) is 0 Å². The van der Waals surface area contributed by atoms with Gasteiger partial charge in [0.25, 0.3) is 0 Å². The first-order chi connectivity index (χ1) is 4.81. The number of carbonyl (C=O) groups is 1. The normalized spacial score (nSPS) is 9.40. The van der Waals surface area contributed by atoms with Gasteiger partial charge in [0.15, 0.2) is 0 Å². The second kappa shape index (κ2) is 7.27. The Morgan fingerprint density at radius 3 is 2.90 bits per heavy atom. The van der Waals surface area contributed by atoms with Crippen molar-refractivity contribution in [3.05, 3.63) is 0 Å². The van der Waals surface area contributed by atoms with Gasteiger partial charge in [-0.15, -0.1) is 0 Å². The number of halogens is 1. The highest BCUT2D eigenvalue weighted by Gasteiger charge is 1.96. The molecule has 10 heavy (non-hydrogen) atoms. The summed E-state index contributed by atoms with van der Waals surface area (Å²) in [6.45, 7) is 3.38. The molecule has 0 spiro atoms. The zero-order chi connectivity index (χ0) is 7.82. The number of hydrogen-bond donors (Lipinski definition) is 1. The van der Waals surface area contributed by atoms with E-state index in [1.807, 2.05) is 6.92 Å². The van der Waals surface area contributed by atoms with Crippen molar-refractivity contribution < 1.29 is 9.53 Å². The molecule has 0 bridgehead atoms. The Morgan fingerprint density at radius 1 is 1.70 bits per heavy atom. The molecule has 0 aliphatic carbocycles. The minimum Gasteiger partial charge on any atom is -0.372 e. The summed E-state index contributed by atoms with van der Waals surface area (Å²) in [5.74, 6) is -0.0292. The van der Waals surface area contributed by atoms with E-state index in [1.165, 1.54) is 0 Å². The molecule has 0 aromatic heterocycles. The third-order valence-corrected chi connectivity index (χ3v) is 1.39. The van der Waals surface area contributed by atoms with Crippen molar-refractivity contribution in [1.82, 2.24) is 5.32 Å². The van der Waals surface area contributed by atoms with E-state index in [2.05, 4.69) is 27.9 Å². The van der Waals surface area contributed by atoms with E-state index in [9.17, 15) is 4.79 Å². The van der Waals surface area contributed by atoms with Crippen molar-refractivity contribution in [3.8, 4) is 0 Å². The van der Waals surface area contributed by atoms with E-state index in [0.29, 0.717) is 6.61 Å². The fourth-order valence-electron chi connectivity index (χ4n) is 0.432. The maximum absolute atomic E-state index is 10.7. The van der Waals surface area contributed by atoms with Crippen LogP contribution < -0.4 is 5.32 Å². The number of carbonyl (C=O) groups excluding carboxylic acids is 1. The SMILES string of the molecule is CCOCC(=O)NCCI. The lowest BCUT2D eigenvalue weighted by Crippen LogP contribution is -2.28. The minimum atomic E-state index is -0.0292. The topological polar surface area (TPSA) is 38.3 Å². The highest BCUT2D eigenvalue weighted by atomic mass is 127. The predicted octanol–water partition coefficient (Wildman–Crippen LogP) is 0.574. The molecular weight excluding hydrogens is 245 g/mol. The first-order valence-corrected chi connectivity index (χ1v) is 4.74. The Kier molecular flexibility index (Phi) is 7.39. The van der Waals surface area contributed by atoms with Crippen molar-refractivity contribution in [2.24, 2.45) is 0 Å². The largest absolute Gasteiger partial charge is 0.372 e. The number of nitrogens with one attached hydrogen (secondary N) is 1. The lowest BCUT2D eigenvalue weighted by Gasteiger charge is -2.01. The van der Waals surface area contributed by atoms with E-state index in [4.69, 9.17) is 4.74 Å². The molecule has 1 amide bonds. The molecule has 0 saturated carbocycles. The van der Waals surface area contributed by atoms with Gasteiger partial charge in [-0.3, -0.25) is 4.79 Å². The van der Waals surface area contributed by atoms with Crippen molar-refractivity contribution in [2.75, 3.05) is 24.2 Å². The molecule has 0 aliphatic rings. The zero-order valence-corrected chi connectivity index (χ0v) is 8.18. The lowest BCUT2D eigenvalue weighted by atomic mass is 10.6. The molecule has 3 nitrogen and oxygen atoms in total. The van der Waals surface area contributed by atoms with Crippen LogP contribution in [0.15, 0.2) is 0 Å². The molecule has 0 rings (SSSR count). The average Bonchev–Trinajstić information content (AvgIpc) is 1.97. The van der Waals surface area contributed by atoms with Crippen LogP contribution in [-0.2, 0) is 9.53 Å². The van der Waals surface area contributed by atoms with Gasteiger partial charge in [0.1, 0.15) is 6.61 Å². The van der Waals surface area contributed by atoms with Gasteiger partial charge in [0.2, 0.25) is 5.91 Å². The van der Waals surface area contributed by atoms with Crippen LogP contribution in [-0.4, -0.2) is 30.1 Å². The molecule has 0 aliphatic heterocycles. The third kappa shape index (κ3) is 6.28. The van der Waals surface area contributed by atoms with Crippen molar-refractivity contribution in [3.63, 3.8) is 0 Å². The first-order valence-electron chi connectivity index (χ1n) is 3.21. The van der Waals surface area contributed by atoms with Gasteiger partial charge in [0.05, 0.1) is 0 Å². The second-order valence-electron chi connectivity index (χ2n) is 1.68. The van der Waals surface area contributed by atoms with Gasteiger partial charge >= 0.3 is 0 Å². The summed E-state index contributed by atoms with van der Waals surface area (Å²) in [6.07, 6.45) is 0. The van der Waals surface area contributed by atoms with Gasteiger partial charge in [0, 0.05) is 17.6 Å². The van der Waals surface area contributed by atoms with Crippen LogP contribution in [0.3, 0.4) is 0 Å². The van der Waals surface area contributed by atoms with Crippen molar-refractivity contribution in [1.29, 1.82) is 0 Å². The highest BCUT2D eigenvalue weighted by Crippen LogP contribution is 1.77. The Labute approximate surface area is 74.7 Å². The summed E-state index contributed by atoms with van der Waals surface area (Å²) in [5.41, 5.74) is 0. The quantitative estimate of drug-likeness (QED) is 0.577. The van der Waals surface area contributed by atoms with Gasteiger partial charge in [-0.2, -0.15) is 0 Å². The lowest BCUT2D eigenvalue weighted by molar-refractivity contribution is -0.125. The molecule has 0 heterocycles. The minimum absolute atomic E-state index is 0.0292. The average molecular weight is 257 g/mol. The summed E-state index contributed by atoms with van der Waals surface area (Å²) < 4.78 is 5.82. The van der Waals surface area contributed by atoms with Crippen LogP contribution in [0.5, 0.6) is 0 Å². The fourth-order valence-corrected chi connectivity index (χ4v) is 0.702. The van der Waals surface area contributed by atoms with Crippen LogP contribution in [0.1, 0.15) is 6.92 Å². The van der Waals surface area contributed by atoms with E-state index in [1.54, 1.807) is 0 Å². The van der Waals surface area contributed by atoms with Crippen LogP contribution in [0, 0.1) is 0 Å². The molecule has 0 unspecified atom stereocenters. The number of ether oxygens (including phenoxy) is 1. The summed E-state index contributed by atoms with van der Waals surface area (Å²) in [4.78, 5) is 10.7. The molecule has 60 valence electrons. The van der Waals surface area contributed by atoms with E-state index in [-0.39, 0.29) is 12.5 Å². The molecule has 0 fully saturated rings. The van der Waals surface area contributed by atoms with Crippen LogP contribution in [0.2, 0.25) is 0 Å². The third-order valence-electron chi connectivity index (χ3n) is 0.854. The van der Waals surface area contributed by atoms with Gasteiger partial charge < -0.3 is 10.1 Å². The summed E-state index contributed by atoms with van der Waals surface area (Å²) in [7, 11) is 0. The number of rotatable bonds is 5. The smallest absolute Gasteiger partial charge is 0.246 e. The Hall–Kier alpha value is 0.160. The number of hydrogen-bond acceptors (Lipinski definition) is 2. The molecule has 0 aromatic rings. The highest BCUT2D eigenvalue weighted by molar-refractivity contribution is 14.1. The fraction of sp³-hybridized carbons (Fsp3) is 0.833. The number of alkyl halides is 1. The monoisotopic (exact) mass is 257 g/mol. The summed E-state index contributed by atoms with van der Waals surface area (Å²) in [6, 6.07) is 0. The van der Waals surface area contributed by atoms with Gasteiger partial charge in [-0.25, -0.2) is 0 Å². The molecule has 0 atom stereocenters. The molecule has 1 N–H and O–H groups in total. The van der Waals surface area contributed by atoms with E-state index in [0.717, 1.165) is 11.0 Å². The van der Waals surface area contributed by atoms with Crippen molar-refractivity contribution in [2.45, 2.75) is 6.92 Å². The zero-order valence-electron chi connectivity index (χ0n) is 6.02. The molecular formula is C6H12INO2. The Bertz CT molecular complexity index is 87.7. The van der Waals surface area contributed by atoms with Crippen LogP contribution in [0.4, 0.5) is 0 Å². The molecule has 0 aromatic carbocycles. The van der Waals surface area contributed by atoms with E-state index >= 15 is 0 Å². The Balaban J connectivity index is 3.09. The molecule has 0 radical (unpaired) electrons. The standard InChI is InChI=1S/C6H12INO2/c1-2-10-5-6(9)8-4-3-7/h2-5H2,1H3,(H,8,9). The van der Waals surface area contributed by atoms with Crippen molar-refractivity contribution >= 4 is 28.5 Å². The van der Waals surface area contributed by atoms with E-state index < -0.39 is 0 Å². The van der Waals surface area contributed by atoms with Crippen LogP contribution >= 0.6 is 22.6 Å². The molecule has 4 heteroatoms. The predicted molar refractivity (Wildman–Crippen MR) is 48.4 cm³/mol. The Morgan fingerprint density at radius 2 is 2.40 bits per heavy atom. The maximum atomic E-state index is 10.7. The molecule has 0 saturated heterocycles. The summed E-state index contributed by atoms with van der Waals surface area (Å²) >= 11 is 2.20. The summed E-state index contributed by atoms with van der Waals surface area (Å²) in [5, 5.41) is 2.70. The van der Waals surface area contributed by atoms with Gasteiger partial charge in [-0.1, -0.05) is 22.6 Å². The maximum Gasteiger partial charge on any atom is 0.246 e. The second-order valence-corrected chi connectivity index (χ2v) is 2.75.